The van der Waals surface area contributed by atoms with Gasteiger partial charge in [-0.2, -0.15) is 0 Å². The standard InChI is InChI=1S/C15H19NO4S/c17-14(18)12-2-1-6-16-13(12)21-11-3-7-20-15(10-11)4-8-19-9-5-15/h1-2,6,11H,3-5,7-10H2,(H,17,18). The van der Waals surface area contributed by atoms with Gasteiger partial charge < -0.3 is 14.6 Å². The Morgan fingerprint density at radius 3 is 2.95 bits per heavy atom. The molecule has 0 aromatic carbocycles. The van der Waals surface area contributed by atoms with E-state index < -0.39 is 5.97 Å². The summed E-state index contributed by atoms with van der Waals surface area (Å²) in [6.07, 6.45) is 5.38. The van der Waals surface area contributed by atoms with Crippen LogP contribution in [0.3, 0.4) is 0 Å². The predicted molar refractivity (Wildman–Crippen MR) is 78.8 cm³/mol. The van der Waals surface area contributed by atoms with Gasteiger partial charge in [0.25, 0.3) is 0 Å². The lowest BCUT2D eigenvalue weighted by Gasteiger charge is -2.43. The molecule has 1 unspecified atom stereocenters. The van der Waals surface area contributed by atoms with Gasteiger partial charge in [-0.05, 0) is 37.8 Å². The number of rotatable bonds is 3. The first kappa shape index (κ1) is 14.8. The minimum absolute atomic E-state index is 0.0770. The predicted octanol–water partition coefficient (Wildman–Crippen LogP) is 2.60. The molecule has 2 fully saturated rings. The molecule has 2 saturated heterocycles. The zero-order chi connectivity index (χ0) is 14.7. The van der Waals surface area contributed by atoms with E-state index >= 15 is 0 Å². The Morgan fingerprint density at radius 2 is 2.19 bits per heavy atom. The van der Waals surface area contributed by atoms with Crippen LogP contribution in [0.25, 0.3) is 0 Å². The molecular weight excluding hydrogens is 290 g/mol. The molecule has 0 aliphatic carbocycles. The molecule has 0 amide bonds. The van der Waals surface area contributed by atoms with Gasteiger partial charge in [0, 0.05) is 31.3 Å². The molecule has 0 saturated carbocycles. The Morgan fingerprint density at radius 1 is 1.38 bits per heavy atom. The van der Waals surface area contributed by atoms with E-state index in [2.05, 4.69) is 4.98 Å². The molecule has 1 aromatic heterocycles. The third-order valence-corrected chi connectivity index (χ3v) is 5.42. The molecule has 1 N–H and O–H groups in total. The van der Waals surface area contributed by atoms with Gasteiger partial charge in [0.15, 0.2) is 0 Å². The normalized spacial score (nSPS) is 24.9. The van der Waals surface area contributed by atoms with E-state index in [9.17, 15) is 9.90 Å². The smallest absolute Gasteiger partial charge is 0.338 e. The van der Waals surface area contributed by atoms with Crippen LogP contribution in [0.1, 0.15) is 36.0 Å². The number of thioether (sulfide) groups is 1. The number of hydrogen-bond acceptors (Lipinski definition) is 5. The minimum atomic E-state index is -0.918. The van der Waals surface area contributed by atoms with Crippen LogP contribution in [0.4, 0.5) is 0 Å². The van der Waals surface area contributed by atoms with Gasteiger partial charge in [-0.25, -0.2) is 9.78 Å². The maximum atomic E-state index is 11.3. The van der Waals surface area contributed by atoms with E-state index in [0.29, 0.717) is 10.3 Å². The molecule has 1 aromatic rings. The van der Waals surface area contributed by atoms with Crippen LogP contribution >= 0.6 is 11.8 Å². The Hall–Kier alpha value is -1.11. The Bertz CT molecular complexity index is 511. The van der Waals surface area contributed by atoms with Crippen LogP contribution in [-0.4, -0.2) is 46.7 Å². The van der Waals surface area contributed by atoms with Crippen molar-refractivity contribution in [2.75, 3.05) is 19.8 Å². The summed E-state index contributed by atoms with van der Waals surface area (Å²) < 4.78 is 11.4. The average molecular weight is 309 g/mol. The highest BCUT2D eigenvalue weighted by molar-refractivity contribution is 7.99. The number of carbonyl (C=O) groups is 1. The topological polar surface area (TPSA) is 68.7 Å². The second-order valence-electron chi connectivity index (χ2n) is 5.54. The molecular formula is C15H19NO4S. The van der Waals surface area contributed by atoms with Crippen LogP contribution in [-0.2, 0) is 9.47 Å². The lowest BCUT2D eigenvalue weighted by molar-refractivity contribution is -0.131. The van der Waals surface area contributed by atoms with Crippen molar-refractivity contribution in [1.29, 1.82) is 0 Å². The molecule has 5 nitrogen and oxygen atoms in total. The molecule has 2 aliphatic rings. The van der Waals surface area contributed by atoms with Crippen LogP contribution < -0.4 is 0 Å². The van der Waals surface area contributed by atoms with Gasteiger partial charge in [0.05, 0.1) is 11.2 Å². The first-order valence-electron chi connectivity index (χ1n) is 7.25. The maximum Gasteiger partial charge on any atom is 0.338 e. The van der Waals surface area contributed by atoms with Crippen molar-refractivity contribution in [3.63, 3.8) is 0 Å². The quantitative estimate of drug-likeness (QED) is 0.925. The molecule has 0 bridgehead atoms. The number of aromatic carboxylic acids is 1. The van der Waals surface area contributed by atoms with Gasteiger partial charge in [-0.1, -0.05) is 0 Å². The van der Waals surface area contributed by atoms with E-state index in [0.717, 1.165) is 45.5 Å². The molecule has 1 spiro atoms. The number of hydrogen-bond donors (Lipinski definition) is 1. The molecule has 3 rings (SSSR count). The summed E-state index contributed by atoms with van der Waals surface area (Å²) in [6, 6.07) is 3.28. The minimum Gasteiger partial charge on any atom is -0.478 e. The largest absolute Gasteiger partial charge is 0.478 e. The highest BCUT2D eigenvalue weighted by atomic mass is 32.2. The Kier molecular flexibility index (Phi) is 4.47. The van der Waals surface area contributed by atoms with Gasteiger partial charge in [-0.15, -0.1) is 11.8 Å². The van der Waals surface area contributed by atoms with E-state index in [1.54, 1.807) is 30.1 Å². The summed E-state index contributed by atoms with van der Waals surface area (Å²) in [5.74, 6) is -0.918. The van der Waals surface area contributed by atoms with Gasteiger partial charge in [-0.3, -0.25) is 0 Å². The lowest BCUT2D eigenvalue weighted by Crippen LogP contribution is -2.45. The highest BCUT2D eigenvalue weighted by Crippen LogP contribution is 2.40. The Balaban J connectivity index is 1.71. The summed E-state index contributed by atoms with van der Waals surface area (Å²) in [5.41, 5.74) is 0.210. The van der Waals surface area contributed by atoms with Crippen LogP contribution in [0.5, 0.6) is 0 Å². The molecule has 2 aliphatic heterocycles. The van der Waals surface area contributed by atoms with Gasteiger partial charge in [0.1, 0.15) is 5.03 Å². The van der Waals surface area contributed by atoms with Crippen molar-refractivity contribution in [2.45, 2.75) is 41.6 Å². The van der Waals surface area contributed by atoms with Gasteiger partial charge in [0.2, 0.25) is 0 Å². The zero-order valence-electron chi connectivity index (χ0n) is 11.8. The lowest BCUT2D eigenvalue weighted by atomic mass is 9.86. The summed E-state index contributed by atoms with van der Waals surface area (Å²) in [5, 5.41) is 10.2. The van der Waals surface area contributed by atoms with Crippen molar-refractivity contribution in [1.82, 2.24) is 4.98 Å². The Labute approximate surface area is 128 Å². The number of carboxylic acid groups (broad SMARTS) is 1. The van der Waals surface area contributed by atoms with Crippen molar-refractivity contribution in [3.8, 4) is 0 Å². The third kappa shape index (κ3) is 3.39. The number of pyridine rings is 1. The van der Waals surface area contributed by atoms with Crippen molar-refractivity contribution < 1.29 is 19.4 Å². The van der Waals surface area contributed by atoms with Crippen LogP contribution in [0.15, 0.2) is 23.4 Å². The molecule has 1 atom stereocenters. The molecule has 21 heavy (non-hydrogen) atoms. The summed E-state index contributed by atoms with van der Waals surface area (Å²) in [6.45, 7) is 2.23. The average Bonchev–Trinajstić information content (AvgIpc) is 2.48. The molecule has 3 heterocycles. The third-order valence-electron chi connectivity index (χ3n) is 4.13. The fraction of sp³-hybridized carbons (Fsp3) is 0.600. The first-order valence-corrected chi connectivity index (χ1v) is 8.13. The summed E-state index contributed by atoms with van der Waals surface area (Å²) >= 11 is 1.57. The number of carboxylic acids is 1. The van der Waals surface area contributed by atoms with Crippen molar-refractivity contribution >= 4 is 17.7 Å². The summed E-state index contributed by atoms with van der Waals surface area (Å²) in [7, 11) is 0. The van der Waals surface area contributed by atoms with Crippen LogP contribution in [0, 0.1) is 0 Å². The number of aromatic nitrogens is 1. The summed E-state index contributed by atoms with van der Waals surface area (Å²) in [4.78, 5) is 15.5. The molecule has 114 valence electrons. The second-order valence-corrected chi connectivity index (χ2v) is 6.83. The first-order chi connectivity index (χ1) is 10.2. The maximum absolute atomic E-state index is 11.3. The SMILES string of the molecule is O=C(O)c1cccnc1SC1CCOC2(CCOCC2)C1. The number of ether oxygens (including phenoxy) is 2. The van der Waals surface area contributed by atoms with E-state index in [1.807, 2.05) is 0 Å². The number of nitrogens with zero attached hydrogens (tertiary/aromatic N) is 1. The van der Waals surface area contributed by atoms with E-state index in [4.69, 9.17) is 9.47 Å². The molecule has 0 radical (unpaired) electrons. The van der Waals surface area contributed by atoms with Crippen molar-refractivity contribution in [3.05, 3.63) is 23.9 Å². The van der Waals surface area contributed by atoms with Gasteiger partial charge >= 0.3 is 5.97 Å². The molecule has 6 heteroatoms. The van der Waals surface area contributed by atoms with E-state index in [-0.39, 0.29) is 11.2 Å². The van der Waals surface area contributed by atoms with Crippen molar-refractivity contribution in [2.24, 2.45) is 0 Å². The highest BCUT2D eigenvalue weighted by Gasteiger charge is 2.39. The van der Waals surface area contributed by atoms with E-state index in [1.165, 1.54) is 0 Å². The fourth-order valence-corrected chi connectivity index (χ4v) is 4.30. The zero-order valence-corrected chi connectivity index (χ0v) is 12.6. The monoisotopic (exact) mass is 309 g/mol. The second kappa shape index (κ2) is 6.34. The fourth-order valence-electron chi connectivity index (χ4n) is 2.98. The van der Waals surface area contributed by atoms with Crippen LogP contribution in [0.2, 0.25) is 0 Å².